The van der Waals surface area contributed by atoms with Crippen LogP contribution in [0.1, 0.15) is 6.92 Å². The first-order chi connectivity index (χ1) is 13.7. The van der Waals surface area contributed by atoms with Crippen molar-refractivity contribution in [2.24, 2.45) is 0 Å². The van der Waals surface area contributed by atoms with Crippen LogP contribution in [0.5, 0.6) is 11.5 Å². The van der Waals surface area contributed by atoms with Crippen LogP contribution in [-0.4, -0.2) is 24.9 Å². The number of carbonyl (C=O) groups is 2. The molecule has 0 saturated heterocycles. The highest BCUT2D eigenvalue weighted by molar-refractivity contribution is 7.84. The van der Waals surface area contributed by atoms with E-state index in [1.807, 2.05) is 0 Å². The minimum absolute atomic E-state index is 0.164. The van der Waals surface area contributed by atoms with Crippen LogP contribution in [0.15, 0.2) is 60.7 Å². The Morgan fingerprint density at radius 3 is 2.28 bits per heavy atom. The van der Waals surface area contributed by atoms with Gasteiger partial charge in [-0.15, -0.1) is 0 Å². The summed E-state index contributed by atoms with van der Waals surface area (Å²) in [6, 6.07) is 16.0. The fourth-order valence-corrected chi connectivity index (χ4v) is 2.93. The summed E-state index contributed by atoms with van der Waals surface area (Å²) >= 11 is 0. The van der Waals surface area contributed by atoms with Crippen LogP contribution in [0.3, 0.4) is 0 Å². The van der Waals surface area contributed by atoms with Crippen molar-refractivity contribution in [1.82, 2.24) is 4.72 Å². The first-order valence-corrected chi connectivity index (χ1v) is 9.78. The summed E-state index contributed by atoms with van der Waals surface area (Å²) in [4.78, 5) is 22.7. The second-order valence-corrected chi connectivity index (χ2v) is 7.18. The molecule has 3 aromatic carbocycles. The molecule has 4 N–H and O–H groups in total. The van der Waals surface area contributed by atoms with Crippen LogP contribution < -0.4 is 20.1 Å². The molecule has 9 nitrogen and oxygen atoms in total. The van der Waals surface area contributed by atoms with E-state index in [4.69, 9.17) is 9.29 Å². The van der Waals surface area contributed by atoms with Crippen molar-refractivity contribution < 1.29 is 27.3 Å². The first kappa shape index (κ1) is 20.1. The van der Waals surface area contributed by atoms with Gasteiger partial charge in [-0.05, 0) is 53.9 Å². The summed E-state index contributed by atoms with van der Waals surface area (Å²) in [5, 5.41) is 6.42. The van der Waals surface area contributed by atoms with Gasteiger partial charge >= 0.3 is 16.3 Å². The number of rotatable bonds is 5. The van der Waals surface area contributed by atoms with Crippen molar-refractivity contribution in [2.45, 2.75) is 6.92 Å². The zero-order valence-corrected chi connectivity index (χ0v) is 16.0. The van der Waals surface area contributed by atoms with Crippen molar-refractivity contribution >= 4 is 44.4 Å². The molecule has 150 valence electrons. The monoisotopic (exact) mass is 415 g/mol. The maximum Gasteiger partial charge on any atom is 0.361 e. The molecule has 0 unspecified atom stereocenters. The standard InChI is InChI=1S/C19H17N3O6S/c1-12(23)20-14-5-7-15(8-6-14)28-16-9-10-17-13(11-16)3-2-4-18(17)21-19(24)22-29(25,26)27/h2-11H,1H3,(H,20,23)(H2,21,22,24)(H,25,26,27). The molecule has 3 aromatic rings. The Kier molecular flexibility index (Phi) is 5.66. The molecule has 0 saturated carbocycles. The van der Waals surface area contributed by atoms with Gasteiger partial charge in [0.05, 0.1) is 5.69 Å². The van der Waals surface area contributed by atoms with Crippen molar-refractivity contribution in [1.29, 1.82) is 0 Å². The fraction of sp³-hybridized carbons (Fsp3) is 0.0526. The summed E-state index contributed by atoms with van der Waals surface area (Å²) in [6.45, 7) is 1.43. The van der Waals surface area contributed by atoms with Crippen molar-refractivity contribution in [3.05, 3.63) is 60.7 Å². The van der Waals surface area contributed by atoms with E-state index in [0.29, 0.717) is 28.3 Å². The highest BCUT2D eigenvalue weighted by Gasteiger charge is 2.12. The van der Waals surface area contributed by atoms with Gasteiger partial charge in [0.2, 0.25) is 5.91 Å². The average molecular weight is 415 g/mol. The van der Waals surface area contributed by atoms with Gasteiger partial charge in [-0.3, -0.25) is 9.35 Å². The molecular formula is C19H17N3O6S. The van der Waals surface area contributed by atoms with Crippen molar-refractivity contribution in [3.8, 4) is 11.5 Å². The first-order valence-electron chi connectivity index (χ1n) is 8.34. The lowest BCUT2D eigenvalue weighted by Crippen LogP contribution is -2.33. The van der Waals surface area contributed by atoms with Gasteiger partial charge in [-0.25, -0.2) is 9.52 Å². The summed E-state index contributed by atoms with van der Waals surface area (Å²) in [6.07, 6.45) is 0. The Bertz CT molecular complexity index is 1180. The third kappa shape index (κ3) is 5.67. The topological polar surface area (TPSA) is 134 Å². The summed E-state index contributed by atoms with van der Waals surface area (Å²) in [5.74, 6) is 0.951. The van der Waals surface area contributed by atoms with E-state index in [0.717, 1.165) is 5.39 Å². The van der Waals surface area contributed by atoms with Crippen LogP contribution in [0.25, 0.3) is 10.8 Å². The average Bonchev–Trinajstić information content (AvgIpc) is 2.61. The molecule has 0 radical (unpaired) electrons. The lowest BCUT2D eigenvalue weighted by Gasteiger charge is -2.11. The molecule has 0 heterocycles. The zero-order chi connectivity index (χ0) is 21.0. The normalized spacial score (nSPS) is 11.0. The maximum absolute atomic E-state index is 11.7. The van der Waals surface area contributed by atoms with Crippen LogP contribution in [0, 0.1) is 0 Å². The summed E-state index contributed by atoms with van der Waals surface area (Å²) < 4.78 is 37.4. The van der Waals surface area contributed by atoms with E-state index in [-0.39, 0.29) is 5.91 Å². The molecule has 3 rings (SSSR count). The number of fused-ring (bicyclic) bond motifs is 1. The molecule has 29 heavy (non-hydrogen) atoms. The number of benzene rings is 3. The van der Waals surface area contributed by atoms with Gasteiger partial charge in [0.25, 0.3) is 0 Å². The lowest BCUT2D eigenvalue weighted by molar-refractivity contribution is -0.114. The molecule has 0 spiro atoms. The maximum atomic E-state index is 11.7. The number of nitrogens with one attached hydrogen (secondary N) is 3. The van der Waals surface area contributed by atoms with Gasteiger partial charge in [-0.2, -0.15) is 8.42 Å². The minimum atomic E-state index is -4.65. The number of amides is 3. The smallest absolute Gasteiger partial charge is 0.361 e. The van der Waals surface area contributed by atoms with E-state index in [1.54, 1.807) is 60.7 Å². The molecule has 3 amide bonds. The third-order valence-electron chi connectivity index (χ3n) is 3.73. The lowest BCUT2D eigenvalue weighted by atomic mass is 10.1. The molecule has 0 aliphatic rings. The van der Waals surface area contributed by atoms with Gasteiger partial charge in [-0.1, -0.05) is 12.1 Å². The van der Waals surface area contributed by atoms with Crippen LogP contribution >= 0.6 is 0 Å². The highest BCUT2D eigenvalue weighted by atomic mass is 32.2. The Hall–Kier alpha value is -3.63. The third-order valence-corrected chi connectivity index (χ3v) is 4.18. The van der Waals surface area contributed by atoms with E-state index < -0.39 is 16.3 Å². The molecule has 0 aliphatic carbocycles. The molecule has 0 aliphatic heterocycles. The molecule has 0 aromatic heterocycles. The second kappa shape index (κ2) is 8.17. The summed E-state index contributed by atoms with van der Waals surface area (Å²) in [5.41, 5.74) is 1.01. The molecule has 0 atom stereocenters. The number of carbonyl (C=O) groups excluding carboxylic acids is 2. The molecule has 0 fully saturated rings. The number of anilines is 2. The van der Waals surface area contributed by atoms with Crippen LogP contribution in [0.4, 0.5) is 16.2 Å². The van der Waals surface area contributed by atoms with Gasteiger partial charge in [0.1, 0.15) is 11.5 Å². The van der Waals surface area contributed by atoms with Gasteiger partial charge in [0, 0.05) is 18.0 Å². The zero-order valence-electron chi connectivity index (χ0n) is 15.2. The number of hydrogen-bond donors (Lipinski definition) is 4. The predicted molar refractivity (Wildman–Crippen MR) is 108 cm³/mol. The second-order valence-electron chi connectivity index (χ2n) is 6.03. The SMILES string of the molecule is CC(=O)Nc1ccc(Oc2ccc3c(NC(=O)NS(=O)(=O)O)cccc3c2)cc1. The largest absolute Gasteiger partial charge is 0.457 e. The van der Waals surface area contributed by atoms with Crippen LogP contribution in [-0.2, 0) is 15.1 Å². The van der Waals surface area contributed by atoms with Crippen molar-refractivity contribution in [2.75, 3.05) is 10.6 Å². The Morgan fingerprint density at radius 1 is 0.931 bits per heavy atom. The molecule has 10 heteroatoms. The number of ether oxygens (including phenoxy) is 1. The van der Waals surface area contributed by atoms with Gasteiger partial charge in [0.15, 0.2) is 0 Å². The number of hydrogen-bond acceptors (Lipinski definition) is 5. The predicted octanol–water partition coefficient (Wildman–Crippen LogP) is 3.51. The van der Waals surface area contributed by atoms with Gasteiger partial charge < -0.3 is 15.4 Å². The van der Waals surface area contributed by atoms with E-state index in [1.165, 1.54) is 11.6 Å². The number of urea groups is 1. The van der Waals surface area contributed by atoms with Crippen LogP contribution in [0.2, 0.25) is 0 Å². The summed E-state index contributed by atoms with van der Waals surface area (Å²) in [7, 11) is -4.65. The highest BCUT2D eigenvalue weighted by Crippen LogP contribution is 2.30. The van der Waals surface area contributed by atoms with Crippen molar-refractivity contribution in [3.63, 3.8) is 0 Å². The Balaban J connectivity index is 1.78. The van der Waals surface area contributed by atoms with E-state index in [9.17, 15) is 18.0 Å². The molecular weight excluding hydrogens is 398 g/mol. The Morgan fingerprint density at radius 2 is 1.62 bits per heavy atom. The Labute approximate surface area is 166 Å². The quantitative estimate of drug-likeness (QED) is 0.471. The van der Waals surface area contributed by atoms with E-state index >= 15 is 0 Å². The molecule has 0 bridgehead atoms. The van der Waals surface area contributed by atoms with E-state index in [2.05, 4.69) is 10.6 Å². The minimum Gasteiger partial charge on any atom is -0.457 e. The fourth-order valence-electron chi connectivity index (χ4n) is 2.64.